The van der Waals surface area contributed by atoms with E-state index in [9.17, 15) is 14.4 Å². The predicted molar refractivity (Wildman–Crippen MR) is 154 cm³/mol. The van der Waals surface area contributed by atoms with Gasteiger partial charge in [-0.25, -0.2) is 4.39 Å². The van der Waals surface area contributed by atoms with Crippen molar-refractivity contribution in [2.24, 2.45) is 5.92 Å². The topological polar surface area (TPSA) is 75.7 Å². The van der Waals surface area contributed by atoms with E-state index in [-0.39, 0.29) is 17.3 Å². The summed E-state index contributed by atoms with van der Waals surface area (Å²) < 4.78 is 20.5. The number of nitrogens with zero attached hydrogens (tertiary/aromatic N) is 1. The van der Waals surface area contributed by atoms with E-state index >= 15 is 4.39 Å². The molecule has 0 radical (unpaired) electrons. The molecule has 6 nitrogen and oxygen atoms in total. The Bertz CT molecular complexity index is 1760. The largest absolute Gasteiger partial charge is 0.497 e. The standard InChI is InChI=1S/C34H25FN2O4/c1-41-22-17-14-21(15-18-22)31(38)29-30(32(39)23-9-3-5-11-25(23)35)37-27-13-7-2-8-20(27)16-19-28(37)34(29)24-10-4-6-12-26(24)36-33(34)40/h2-19,28-30H,1H3,(H,36,40)/t28-,29-,30+,34+/m1/s1. The summed E-state index contributed by atoms with van der Waals surface area (Å²) in [6.07, 6.45) is 3.82. The molecule has 202 valence electrons. The van der Waals surface area contributed by atoms with E-state index in [1.54, 1.807) is 36.4 Å². The first-order chi connectivity index (χ1) is 20.0. The number of hydrogen-bond acceptors (Lipinski definition) is 5. The summed E-state index contributed by atoms with van der Waals surface area (Å²) in [6.45, 7) is 0. The molecule has 7 rings (SSSR count). The maximum atomic E-state index is 15.2. The highest BCUT2D eigenvalue weighted by atomic mass is 19.1. The number of para-hydroxylation sites is 2. The zero-order valence-corrected chi connectivity index (χ0v) is 22.1. The number of nitrogens with one attached hydrogen (secondary N) is 1. The van der Waals surface area contributed by atoms with Crippen LogP contribution in [-0.4, -0.2) is 36.7 Å². The minimum Gasteiger partial charge on any atom is -0.497 e. The Balaban J connectivity index is 1.53. The van der Waals surface area contributed by atoms with Gasteiger partial charge in [0.05, 0.1) is 24.6 Å². The molecule has 1 N–H and O–H groups in total. The van der Waals surface area contributed by atoms with Crippen molar-refractivity contribution in [3.8, 4) is 5.75 Å². The lowest BCUT2D eigenvalue weighted by Crippen LogP contribution is -2.51. The Hall–Kier alpha value is -5.04. The number of anilines is 2. The van der Waals surface area contributed by atoms with Crippen LogP contribution in [0.3, 0.4) is 0 Å². The van der Waals surface area contributed by atoms with Gasteiger partial charge in [-0.15, -0.1) is 0 Å². The van der Waals surface area contributed by atoms with Gasteiger partial charge < -0.3 is 15.0 Å². The van der Waals surface area contributed by atoms with Crippen LogP contribution >= 0.6 is 0 Å². The number of ether oxygens (including phenoxy) is 1. The average Bonchev–Trinajstić information content (AvgIpc) is 3.49. The molecule has 0 bridgehead atoms. The van der Waals surface area contributed by atoms with Gasteiger partial charge >= 0.3 is 0 Å². The lowest BCUT2D eigenvalue weighted by molar-refractivity contribution is -0.121. The Kier molecular flexibility index (Phi) is 5.64. The third-order valence-corrected chi connectivity index (χ3v) is 8.61. The second-order valence-corrected chi connectivity index (χ2v) is 10.5. The average molecular weight is 545 g/mol. The Morgan fingerprint density at radius 3 is 2.37 bits per heavy atom. The molecule has 1 fully saturated rings. The lowest BCUT2D eigenvalue weighted by atomic mass is 9.64. The third kappa shape index (κ3) is 3.45. The summed E-state index contributed by atoms with van der Waals surface area (Å²) in [4.78, 5) is 45.4. The molecular formula is C34H25FN2O4. The van der Waals surface area contributed by atoms with Gasteiger partial charge in [0.1, 0.15) is 23.0 Å². The van der Waals surface area contributed by atoms with Crippen LogP contribution in [0, 0.1) is 11.7 Å². The smallest absolute Gasteiger partial charge is 0.238 e. The van der Waals surface area contributed by atoms with E-state index in [1.165, 1.54) is 25.3 Å². The first-order valence-corrected chi connectivity index (χ1v) is 13.4. The SMILES string of the molecule is COc1ccc(C(=O)[C@H]2[C@@H](C(=O)c3ccccc3F)N3c4ccccc4C=C[C@@H]3[C@]23C(=O)Nc2ccccc23)cc1. The van der Waals surface area contributed by atoms with Crippen molar-refractivity contribution in [3.63, 3.8) is 0 Å². The summed E-state index contributed by atoms with van der Waals surface area (Å²) in [7, 11) is 1.54. The van der Waals surface area contributed by atoms with Crippen LogP contribution in [0.2, 0.25) is 0 Å². The van der Waals surface area contributed by atoms with Crippen molar-refractivity contribution >= 4 is 34.9 Å². The van der Waals surface area contributed by atoms with E-state index in [1.807, 2.05) is 59.5 Å². The highest BCUT2D eigenvalue weighted by molar-refractivity contribution is 6.18. The molecule has 3 aliphatic heterocycles. The fourth-order valence-corrected chi connectivity index (χ4v) is 6.87. The van der Waals surface area contributed by atoms with Crippen molar-refractivity contribution < 1.29 is 23.5 Å². The number of fused-ring (bicyclic) bond motifs is 6. The highest BCUT2D eigenvalue weighted by Crippen LogP contribution is 2.58. The molecule has 1 spiro atoms. The second-order valence-electron chi connectivity index (χ2n) is 10.5. The molecule has 0 unspecified atom stereocenters. The number of carbonyl (C=O) groups is 3. The number of benzene rings is 4. The monoisotopic (exact) mass is 544 g/mol. The van der Waals surface area contributed by atoms with Gasteiger partial charge in [0.25, 0.3) is 0 Å². The molecule has 4 aromatic carbocycles. The summed E-state index contributed by atoms with van der Waals surface area (Å²) >= 11 is 0. The van der Waals surface area contributed by atoms with Crippen molar-refractivity contribution in [3.05, 3.63) is 131 Å². The van der Waals surface area contributed by atoms with Crippen LogP contribution in [0.25, 0.3) is 6.08 Å². The summed E-state index contributed by atoms with van der Waals surface area (Å²) in [5, 5.41) is 3.00. The molecule has 1 amide bonds. The van der Waals surface area contributed by atoms with Crippen LogP contribution in [0.5, 0.6) is 5.75 Å². The molecule has 7 heteroatoms. The first-order valence-electron chi connectivity index (χ1n) is 13.4. The molecule has 41 heavy (non-hydrogen) atoms. The van der Waals surface area contributed by atoms with E-state index < -0.39 is 35.0 Å². The molecule has 0 aromatic heterocycles. The fraction of sp³-hybridized carbons (Fsp3) is 0.147. The predicted octanol–water partition coefficient (Wildman–Crippen LogP) is 5.69. The van der Waals surface area contributed by atoms with Crippen molar-refractivity contribution in [1.82, 2.24) is 0 Å². The number of ketones is 2. The highest BCUT2D eigenvalue weighted by Gasteiger charge is 2.70. The van der Waals surface area contributed by atoms with Crippen LogP contribution in [0.1, 0.15) is 31.8 Å². The summed E-state index contributed by atoms with van der Waals surface area (Å²) in [6, 6.07) is 25.4. The number of methoxy groups -OCH3 is 1. The molecule has 4 aromatic rings. The van der Waals surface area contributed by atoms with E-state index in [0.717, 1.165) is 5.56 Å². The maximum absolute atomic E-state index is 15.2. The molecular weight excluding hydrogens is 519 g/mol. The van der Waals surface area contributed by atoms with E-state index in [4.69, 9.17) is 4.74 Å². The molecule has 4 atom stereocenters. The first kappa shape index (κ1) is 25.0. The van der Waals surface area contributed by atoms with Crippen molar-refractivity contribution in [2.75, 3.05) is 17.3 Å². The van der Waals surface area contributed by atoms with Gasteiger partial charge in [0.2, 0.25) is 5.91 Å². The van der Waals surface area contributed by atoms with Crippen molar-refractivity contribution in [1.29, 1.82) is 0 Å². The number of carbonyl (C=O) groups excluding carboxylic acids is 3. The summed E-state index contributed by atoms with van der Waals surface area (Å²) in [5.74, 6) is -2.59. The second kappa shape index (κ2) is 9.27. The van der Waals surface area contributed by atoms with Gasteiger partial charge in [0, 0.05) is 16.9 Å². The van der Waals surface area contributed by atoms with Crippen LogP contribution in [-0.2, 0) is 10.2 Å². The van der Waals surface area contributed by atoms with E-state index in [2.05, 4.69) is 5.32 Å². The Labute approximate surface area is 236 Å². The molecule has 0 aliphatic carbocycles. The minimum atomic E-state index is -1.46. The number of Topliss-reactive ketones (excluding diaryl/α,β-unsaturated/α-hetero) is 2. The van der Waals surface area contributed by atoms with Gasteiger partial charge in [0.15, 0.2) is 11.6 Å². The van der Waals surface area contributed by atoms with Gasteiger partial charge in [-0.05, 0) is 59.7 Å². The zero-order valence-electron chi connectivity index (χ0n) is 22.1. The van der Waals surface area contributed by atoms with Crippen LogP contribution < -0.4 is 15.0 Å². The van der Waals surface area contributed by atoms with Gasteiger partial charge in [-0.1, -0.05) is 60.7 Å². The molecule has 3 heterocycles. The zero-order chi connectivity index (χ0) is 28.3. The molecule has 3 aliphatic rings. The Morgan fingerprint density at radius 2 is 1.59 bits per heavy atom. The number of amides is 1. The van der Waals surface area contributed by atoms with Gasteiger partial charge in [-0.2, -0.15) is 0 Å². The minimum absolute atomic E-state index is 0.125. The normalized spacial score (nSPS) is 23.5. The fourth-order valence-electron chi connectivity index (χ4n) is 6.87. The summed E-state index contributed by atoms with van der Waals surface area (Å²) in [5.41, 5.74) is 1.53. The molecule has 1 saturated heterocycles. The Morgan fingerprint density at radius 1 is 0.878 bits per heavy atom. The van der Waals surface area contributed by atoms with E-state index in [0.29, 0.717) is 28.3 Å². The van der Waals surface area contributed by atoms with Crippen LogP contribution in [0.4, 0.5) is 15.8 Å². The van der Waals surface area contributed by atoms with Gasteiger partial charge in [-0.3, -0.25) is 14.4 Å². The maximum Gasteiger partial charge on any atom is 0.238 e. The lowest BCUT2D eigenvalue weighted by Gasteiger charge is -2.37. The van der Waals surface area contributed by atoms with Crippen LogP contribution in [0.15, 0.2) is 103 Å². The number of hydrogen-bond donors (Lipinski definition) is 1. The molecule has 0 saturated carbocycles. The number of rotatable bonds is 5. The third-order valence-electron chi connectivity index (χ3n) is 8.61. The van der Waals surface area contributed by atoms with Crippen molar-refractivity contribution in [2.45, 2.75) is 17.5 Å². The quantitative estimate of drug-likeness (QED) is 0.327. The number of halogens is 1.